The van der Waals surface area contributed by atoms with Crippen LogP contribution in [0, 0.1) is 12.3 Å². The first-order chi connectivity index (χ1) is 9.61. The first-order valence-corrected chi connectivity index (χ1v) is 7.27. The molecule has 0 amide bonds. The second-order valence-electron chi connectivity index (χ2n) is 4.29. The highest BCUT2D eigenvalue weighted by atomic mass is 35.5. The van der Waals surface area contributed by atoms with Gasteiger partial charge in [-0.05, 0) is 25.3 Å². The summed E-state index contributed by atoms with van der Waals surface area (Å²) in [6, 6.07) is 0. The Morgan fingerprint density at radius 2 is 1.95 bits per heavy atom. The molecule has 0 spiro atoms. The van der Waals surface area contributed by atoms with Gasteiger partial charge in [0.05, 0.1) is 5.38 Å². The van der Waals surface area contributed by atoms with E-state index in [1.54, 1.807) is 12.2 Å². The molecular weight excluding hydrogens is 272 g/mol. The molecule has 0 radical (unpaired) electrons. The van der Waals surface area contributed by atoms with Crippen LogP contribution < -0.4 is 0 Å². The summed E-state index contributed by atoms with van der Waals surface area (Å²) in [5.74, 6) is 2.07. The van der Waals surface area contributed by atoms with E-state index in [0.717, 1.165) is 12.8 Å². The number of rotatable bonds is 9. The van der Waals surface area contributed by atoms with Crippen LogP contribution in [0.5, 0.6) is 0 Å². The molecule has 0 bridgehead atoms. The van der Waals surface area contributed by atoms with E-state index in [0.29, 0.717) is 12.8 Å². The minimum absolute atomic E-state index is 0.257. The monoisotopic (exact) mass is 294 g/mol. The van der Waals surface area contributed by atoms with Gasteiger partial charge in [0, 0.05) is 13.3 Å². The molecule has 0 fully saturated rings. The van der Waals surface area contributed by atoms with E-state index in [9.17, 15) is 4.79 Å². The topological polar surface area (TPSA) is 26.3 Å². The zero-order valence-electron chi connectivity index (χ0n) is 12.2. The Balaban J connectivity index is 4.28. The van der Waals surface area contributed by atoms with Crippen molar-refractivity contribution in [1.82, 2.24) is 0 Å². The zero-order valence-corrected chi connectivity index (χ0v) is 13.0. The molecule has 2 nitrogen and oxygen atoms in total. The summed E-state index contributed by atoms with van der Waals surface area (Å²) < 4.78 is 5.22. The molecule has 0 saturated carbocycles. The summed E-state index contributed by atoms with van der Waals surface area (Å²) >= 11 is 6.28. The van der Waals surface area contributed by atoms with Crippen LogP contribution in [0.2, 0.25) is 0 Å². The Labute approximate surface area is 127 Å². The van der Waals surface area contributed by atoms with E-state index in [-0.39, 0.29) is 17.5 Å². The van der Waals surface area contributed by atoms with Crippen molar-refractivity contribution in [2.75, 3.05) is 0 Å². The first-order valence-electron chi connectivity index (χ1n) is 6.84. The van der Waals surface area contributed by atoms with E-state index in [2.05, 4.69) is 31.1 Å². The lowest BCUT2D eigenvalue weighted by molar-refractivity contribution is -0.146. The fourth-order valence-corrected chi connectivity index (χ4v) is 1.83. The van der Waals surface area contributed by atoms with Crippen LogP contribution in [0.15, 0.2) is 36.5 Å². The van der Waals surface area contributed by atoms with Crippen molar-refractivity contribution in [3.8, 4) is 12.3 Å². The number of allylic oxidation sites excluding steroid dienone is 5. The standard InChI is InChI=1S/C17H23ClO2/c1-4-6-8-9-10-12-13-16(18)17(20-15(3)19)14-11-7-5-2/h2,6-8,10-12,16-17H,4,9,13-14H2,1,3H3/b8-6-,11-7-,12-10-/t16-,17-/m1/s1. The van der Waals surface area contributed by atoms with Gasteiger partial charge in [-0.3, -0.25) is 4.79 Å². The van der Waals surface area contributed by atoms with Crippen molar-refractivity contribution in [1.29, 1.82) is 0 Å². The summed E-state index contributed by atoms with van der Waals surface area (Å²) in [5, 5.41) is -0.257. The quantitative estimate of drug-likeness (QED) is 0.272. The first kappa shape index (κ1) is 18.5. The van der Waals surface area contributed by atoms with Crippen LogP contribution in [0.1, 0.15) is 39.5 Å². The highest BCUT2D eigenvalue weighted by molar-refractivity contribution is 6.21. The van der Waals surface area contributed by atoms with Crippen LogP contribution in [0.4, 0.5) is 0 Å². The number of esters is 1. The van der Waals surface area contributed by atoms with Crippen molar-refractivity contribution in [2.24, 2.45) is 0 Å². The number of alkyl halides is 1. The predicted molar refractivity (Wildman–Crippen MR) is 85.6 cm³/mol. The van der Waals surface area contributed by atoms with Gasteiger partial charge in [0.25, 0.3) is 0 Å². The molecule has 0 rings (SSSR count). The van der Waals surface area contributed by atoms with Gasteiger partial charge >= 0.3 is 5.97 Å². The third-order valence-electron chi connectivity index (χ3n) is 2.51. The van der Waals surface area contributed by atoms with Gasteiger partial charge in [-0.2, -0.15) is 0 Å². The average Bonchev–Trinajstić information content (AvgIpc) is 2.41. The number of hydrogen-bond donors (Lipinski definition) is 0. The van der Waals surface area contributed by atoms with Gasteiger partial charge in [0.1, 0.15) is 6.10 Å². The van der Waals surface area contributed by atoms with Crippen LogP contribution in [0.3, 0.4) is 0 Å². The summed E-state index contributed by atoms with van der Waals surface area (Å²) in [5.41, 5.74) is 0. The summed E-state index contributed by atoms with van der Waals surface area (Å²) in [6.45, 7) is 3.48. The predicted octanol–water partition coefficient (Wildman–Crippen LogP) is 4.41. The number of hydrogen-bond acceptors (Lipinski definition) is 2. The maximum absolute atomic E-state index is 11.1. The minimum atomic E-state index is -0.352. The molecule has 110 valence electrons. The van der Waals surface area contributed by atoms with Gasteiger partial charge in [-0.15, -0.1) is 18.0 Å². The Kier molecular flexibility index (Phi) is 11.7. The van der Waals surface area contributed by atoms with Crippen molar-refractivity contribution in [3.05, 3.63) is 36.5 Å². The van der Waals surface area contributed by atoms with E-state index in [1.807, 2.05) is 6.08 Å². The normalized spacial score (nSPS) is 14.7. The van der Waals surface area contributed by atoms with Crippen molar-refractivity contribution < 1.29 is 9.53 Å². The Morgan fingerprint density at radius 3 is 2.55 bits per heavy atom. The third-order valence-corrected chi connectivity index (χ3v) is 2.96. The molecule has 20 heavy (non-hydrogen) atoms. The average molecular weight is 295 g/mol. The Morgan fingerprint density at radius 1 is 1.25 bits per heavy atom. The summed E-state index contributed by atoms with van der Waals surface area (Å²) in [4.78, 5) is 11.1. The molecule has 0 unspecified atom stereocenters. The molecule has 0 N–H and O–H groups in total. The minimum Gasteiger partial charge on any atom is -0.461 e. The molecular formula is C17H23ClO2. The van der Waals surface area contributed by atoms with Crippen molar-refractivity contribution in [2.45, 2.75) is 51.0 Å². The Bertz CT molecular complexity index is 388. The Hall–Kier alpha value is -1.46. The molecule has 0 heterocycles. The number of ether oxygens (including phenoxy) is 1. The van der Waals surface area contributed by atoms with Crippen LogP contribution in [-0.4, -0.2) is 17.5 Å². The van der Waals surface area contributed by atoms with Crippen LogP contribution in [0.25, 0.3) is 0 Å². The molecule has 0 aromatic carbocycles. The maximum Gasteiger partial charge on any atom is 0.302 e. The molecule has 0 saturated heterocycles. The van der Waals surface area contributed by atoms with E-state index in [1.165, 1.54) is 6.92 Å². The van der Waals surface area contributed by atoms with E-state index < -0.39 is 0 Å². The third kappa shape index (κ3) is 10.5. The molecule has 0 aliphatic carbocycles. The maximum atomic E-state index is 11.1. The molecule has 0 aromatic heterocycles. The molecule has 0 aliphatic heterocycles. The number of terminal acetylenes is 1. The van der Waals surface area contributed by atoms with E-state index in [4.69, 9.17) is 22.8 Å². The summed E-state index contributed by atoms with van der Waals surface area (Å²) in [6.07, 6.45) is 19.6. The fraction of sp³-hybridized carbons (Fsp3) is 0.471. The largest absolute Gasteiger partial charge is 0.461 e. The van der Waals surface area contributed by atoms with E-state index >= 15 is 0 Å². The lowest BCUT2D eigenvalue weighted by atomic mass is 10.1. The summed E-state index contributed by atoms with van der Waals surface area (Å²) in [7, 11) is 0. The van der Waals surface area contributed by atoms with Crippen LogP contribution >= 0.6 is 11.6 Å². The van der Waals surface area contributed by atoms with Gasteiger partial charge in [0.15, 0.2) is 0 Å². The van der Waals surface area contributed by atoms with Crippen molar-refractivity contribution >= 4 is 17.6 Å². The smallest absolute Gasteiger partial charge is 0.302 e. The molecule has 2 atom stereocenters. The SMILES string of the molecule is C#C/C=C\C[C@@H](OC(C)=O)[C@H](Cl)C/C=C\C/C=C\CC. The van der Waals surface area contributed by atoms with Gasteiger partial charge in [0.2, 0.25) is 0 Å². The highest BCUT2D eigenvalue weighted by Gasteiger charge is 2.19. The number of carbonyl (C=O) groups is 1. The van der Waals surface area contributed by atoms with Gasteiger partial charge in [-0.25, -0.2) is 0 Å². The fourth-order valence-electron chi connectivity index (χ4n) is 1.57. The lowest BCUT2D eigenvalue weighted by Gasteiger charge is -2.19. The lowest BCUT2D eigenvalue weighted by Crippen LogP contribution is -2.26. The van der Waals surface area contributed by atoms with Gasteiger partial charge in [-0.1, -0.05) is 43.2 Å². The molecule has 0 aromatic rings. The highest BCUT2D eigenvalue weighted by Crippen LogP contribution is 2.16. The molecule has 3 heteroatoms. The molecule has 0 aliphatic rings. The van der Waals surface area contributed by atoms with Gasteiger partial charge < -0.3 is 4.74 Å². The zero-order chi connectivity index (χ0) is 15.2. The second-order valence-corrected chi connectivity index (χ2v) is 4.85. The second kappa shape index (κ2) is 12.6. The number of carbonyl (C=O) groups excluding carboxylic acids is 1. The van der Waals surface area contributed by atoms with Crippen LogP contribution in [-0.2, 0) is 9.53 Å². The van der Waals surface area contributed by atoms with Crippen molar-refractivity contribution in [3.63, 3.8) is 0 Å². The number of halogens is 1.